The van der Waals surface area contributed by atoms with Crippen LogP contribution >= 0.6 is 0 Å². The minimum Gasteiger partial charge on any atom is -0.384 e. The lowest BCUT2D eigenvalue weighted by Gasteiger charge is -2.01. The first kappa shape index (κ1) is 9.71. The van der Waals surface area contributed by atoms with E-state index in [0.717, 1.165) is 18.5 Å². The molecule has 0 fully saturated rings. The SMILES string of the molecule is CCc1cnn(Cc2ccc(N)nc2)c1. The van der Waals surface area contributed by atoms with Crippen molar-refractivity contribution in [3.05, 3.63) is 41.9 Å². The number of aromatic nitrogens is 3. The molecule has 0 saturated heterocycles. The van der Waals surface area contributed by atoms with Gasteiger partial charge in [-0.15, -0.1) is 0 Å². The van der Waals surface area contributed by atoms with Gasteiger partial charge in [0.05, 0.1) is 12.7 Å². The molecule has 4 nitrogen and oxygen atoms in total. The van der Waals surface area contributed by atoms with Crippen LogP contribution in [0.5, 0.6) is 0 Å². The van der Waals surface area contributed by atoms with E-state index in [-0.39, 0.29) is 0 Å². The van der Waals surface area contributed by atoms with Gasteiger partial charge in [0.2, 0.25) is 0 Å². The molecule has 0 amide bonds. The van der Waals surface area contributed by atoms with Gasteiger partial charge in [-0.2, -0.15) is 5.10 Å². The largest absolute Gasteiger partial charge is 0.384 e. The van der Waals surface area contributed by atoms with E-state index in [0.29, 0.717) is 5.82 Å². The Morgan fingerprint density at radius 3 is 2.73 bits per heavy atom. The number of nitrogens with zero attached hydrogens (tertiary/aromatic N) is 3. The van der Waals surface area contributed by atoms with Crippen molar-refractivity contribution in [2.45, 2.75) is 19.9 Å². The number of rotatable bonds is 3. The third-order valence-electron chi connectivity index (χ3n) is 2.29. The second kappa shape index (κ2) is 4.13. The molecule has 0 unspecified atom stereocenters. The number of hydrogen-bond donors (Lipinski definition) is 1. The molecule has 4 heteroatoms. The summed E-state index contributed by atoms with van der Waals surface area (Å²) in [6.45, 7) is 2.86. The Balaban J connectivity index is 2.11. The fraction of sp³-hybridized carbons (Fsp3) is 0.273. The summed E-state index contributed by atoms with van der Waals surface area (Å²) in [6.07, 6.45) is 6.74. The summed E-state index contributed by atoms with van der Waals surface area (Å²) in [6, 6.07) is 3.77. The van der Waals surface area contributed by atoms with E-state index in [1.165, 1.54) is 5.56 Å². The van der Waals surface area contributed by atoms with Gasteiger partial charge in [0, 0.05) is 12.4 Å². The Hall–Kier alpha value is -1.84. The number of nitrogens with two attached hydrogens (primary N) is 1. The Kier molecular flexibility index (Phi) is 2.67. The molecule has 0 aromatic carbocycles. The first-order valence-electron chi connectivity index (χ1n) is 4.99. The second-order valence-electron chi connectivity index (χ2n) is 3.49. The van der Waals surface area contributed by atoms with Crippen LogP contribution in [-0.2, 0) is 13.0 Å². The number of pyridine rings is 1. The summed E-state index contributed by atoms with van der Waals surface area (Å²) in [7, 11) is 0. The Bertz CT molecular complexity index is 430. The molecule has 2 N–H and O–H groups in total. The highest BCUT2D eigenvalue weighted by Crippen LogP contribution is 2.05. The van der Waals surface area contributed by atoms with Gasteiger partial charge in [-0.1, -0.05) is 13.0 Å². The van der Waals surface area contributed by atoms with Crippen LogP contribution in [-0.4, -0.2) is 14.8 Å². The van der Waals surface area contributed by atoms with Crippen molar-refractivity contribution in [3.8, 4) is 0 Å². The van der Waals surface area contributed by atoms with E-state index in [9.17, 15) is 0 Å². The highest BCUT2D eigenvalue weighted by atomic mass is 15.3. The molecule has 0 saturated carbocycles. The summed E-state index contributed by atoms with van der Waals surface area (Å²) in [5.74, 6) is 0.550. The van der Waals surface area contributed by atoms with Crippen LogP contribution < -0.4 is 5.73 Å². The number of aryl methyl sites for hydroxylation is 1. The minimum atomic E-state index is 0.550. The van der Waals surface area contributed by atoms with E-state index >= 15 is 0 Å². The summed E-state index contributed by atoms with van der Waals surface area (Å²) in [4.78, 5) is 4.04. The van der Waals surface area contributed by atoms with Gasteiger partial charge in [-0.05, 0) is 23.6 Å². The highest BCUT2D eigenvalue weighted by molar-refractivity contribution is 5.29. The van der Waals surface area contributed by atoms with Crippen LogP contribution in [0.15, 0.2) is 30.7 Å². The molecule has 0 bridgehead atoms. The fourth-order valence-electron chi connectivity index (χ4n) is 1.39. The maximum atomic E-state index is 5.51. The Morgan fingerprint density at radius 1 is 1.27 bits per heavy atom. The molecule has 15 heavy (non-hydrogen) atoms. The average Bonchev–Trinajstić information content (AvgIpc) is 2.69. The standard InChI is InChI=1S/C11H14N4/c1-2-9-6-14-15(7-9)8-10-3-4-11(12)13-5-10/h3-7H,2,8H2,1H3,(H2,12,13). The smallest absolute Gasteiger partial charge is 0.123 e. The van der Waals surface area contributed by atoms with Crippen molar-refractivity contribution in [1.82, 2.24) is 14.8 Å². The third-order valence-corrected chi connectivity index (χ3v) is 2.29. The Morgan fingerprint density at radius 2 is 2.13 bits per heavy atom. The van der Waals surface area contributed by atoms with Gasteiger partial charge in [0.1, 0.15) is 5.82 Å². The van der Waals surface area contributed by atoms with Gasteiger partial charge in [0.15, 0.2) is 0 Å². The molecule has 2 aromatic heterocycles. The molecule has 2 aromatic rings. The van der Waals surface area contributed by atoms with Crippen molar-refractivity contribution in [2.24, 2.45) is 0 Å². The molecule has 0 spiro atoms. The first-order valence-corrected chi connectivity index (χ1v) is 4.99. The van der Waals surface area contributed by atoms with Gasteiger partial charge in [-0.25, -0.2) is 4.98 Å². The minimum absolute atomic E-state index is 0.550. The van der Waals surface area contributed by atoms with Crippen molar-refractivity contribution in [1.29, 1.82) is 0 Å². The molecular weight excluding hydrogens is 188 g/mol. The van der Waals surface area contributed by atoms with Crippen LogP contribution in [0, 0.1) is 0 Å². The van der Waals surface area contributed by atoms with Crippen LogP contribution in [0.2, 0.25) is 0 Å². The van der Waals surface area contributed by atoms with E-state index in [1.807, 2.05) is 16.9 Å². The maximum Gasteiger partial charge on any atom is 0.123 e. The lowest BCUT2D eigenvalue weighted by atomic mass is 10.3. The van der Waals surface area contributed by atoms with Crippen molar-refractivity contribution >= 4 is 5.82 Å². The molecule has 0 aliphatic rings. The van der Waals surface area contributed by atoms with Crippen LogP contribution in [0.3, 0.4) is 0 Å². The van der Waals surface area contributed by atoms with E-state index in [2.05, 4.69) is 23.2 Å². The zero-order chi connectivity index (χ0) is 10.7. The molecule has 2 heterocycles. The summed E-state index contributed by atoms with van der Waals surface area (Å²) in [5.41, 5.74) is 7.87. The first-order chi connectivity index (χ1) is 7.28. The zero-order valence-corrected chi connectivity index (χ0v) is 8.72. The van der Waals surface area contributed by atoms with Gasteiger partial charge >= 0.3 is 0 Å². The van der Waals surface area contributed by atoms with Crippen LogP contribution in [0.1, 0.15) is 18.1 Å². The number of nitrogen functional groups attached to an aromatic ring is 1. The second-order valence-corrected chi connectivity index (χ2v) is 3.49. The van der Waals surface area contributed by atoms with Gasteiger partial charge in [-0.3, -0.25) is 4.68 Å². The number of hydrogen-bond acceptors (Lipinski definition) is 3. The topological polar surface area (TPSA) is 56.7 Å². The maximum absolute atomic E-state index is 5.51. The summed E-state index contributed by atoms with van der Waals surface area (Å²) >= 11 is 0. The van der Waals surface area contributed by atoms with E-state index in [1.54, 1.807) is 12.3 Å². The van der Waals surface area contributed by atoms with Gasteiger partial charge in [0.25, 0.3) is 0 Å². The number of anilines is 1. The summed E-state index contributed by atoms with van der Waals surface area (Å²) in [5, 5.41) is 4.26. The van der Waals surface area contributed by atoms with Crippen molar-refractivity contribution in [3.63, 3.8) is 0 Å². The van der Waals surface area contributed by atoms with Crippen molar-refractivity contribution < 1.29 is 0 Å². The molecular formula is C11H14N4. The van der Waals surface area contributed by atoms with Crippen molar-refractivity contribution in [2.75, 3.05) is 5.73 Å². The molecule has 0 atom stereocenters. The predicted molar refractivity (Wildman–Crippen MR) is 59.4 cm³/mol. The predicted octanol–water partition coefficient (Wildman–Crippen LogP) is 1.47. The fourth-order valence-corrected chi connectivity index (χ4v) is 1.39. The normalized spacial score (nSPS) is 10.5. The molecule has 0 radical (unpaired) electrons. The van der Waals surface area contributed by atoms with E-state index in [4.69, 9.17) is 5.73 Å². The Labute approximate surface area is 88.8 Å². The highest BCUT2D eigenvalue weighted by Gasteiger charge is 1.98. The van der Waals surface area contributed by atoms with Crippen LogP contribution in [0.4, 0.5) is 5.82 Å². The molecule has 78 valence electrons. The lowest BCUT2D eigenvalue weighted by Crippen LogP contribution is -2.01. The molecule has 2 rings (SSSR count). The van der Waals surface area contributed by atoms with Gasteiger partial charge < -0.3 is 5.73 Å². The average molecular weight is 202 g/mol. The quantitative estimate of drug-likeness (QED) is 0.820. The molecule has 0 aliphatic heterocycles. The summed E-state index contributed by atoms with van der Waals surface area (Å²) < 4.78 is 1.91. The van der Waals surface area contributed by atoms with Crippen LogP contribution in [0.25, 0.3) is 0 Å². The third kappa shape index (κ3) is 2.34. The lowest BCUT2D eigenvalue weighted by molar-refractivity contribution is 0.684. The zero-order valence-electron chi connectivity index (χ0n) is 8.72. The molecule has 0 aliphatic carbocycles. The monoisotopic (exact) mass is 202 g/mol. The van der Waals surface area contributed by atoms with E-state index < -0.39 is 0 Å².